The molecule has 388 valence electrons. The molecule has 20 nitrogen and oxygen atoms in total. The van der Waals surface area contributed by atoms with Crippen molar-refractivity contribution >= 4 is 110 Å². The van der Waals surface area contributed by atoms with Crippen molar-refractivity contribution in [2.45, 2.75) is 122 Å². The van der Waals surface area contributed by atoms with E-state index < -0.39 is 50.2 Å². The fourth-order valence-corrected chi connectivity index (χ4v) is 6.29. The maximum atomic E-state index is 11.5. The zero-order valence-corrected chi connectivity index (χ0v) is 41.7. The first kappa shape index (κ1) is 90.4. The van der Waals surface area contributed by atoms with Crippen LogP contribution in [0.2, 0.25) is 18.1 Å². The first-order chi connectivity index (χ1) is 27.2. The summed E-state index contributed by atoms with van der Waals surface area (Å²) in [4.78, 5) is 121. The minimum absolute atomic E-state index is 0. The standard InChI is InChI=1S/C9H19NO6Si.C9H17NO5Si.C5H6O3.C4H13NO3Si.3CH4BP.6CH4/c1-7(9(12)13)6-8(11)10-4-3-5-17(14,15)16-2;1-7-6-8(11)10(9(7)12)4-3-5-16(13,14)15-2;1-3-2-4(6)8-5(3)7;1-8-9(6,7)4-2-3-5;3*1-3-2;;;;;;/h7,14-15H,3-6H2,1-2H3,(H,10,11)(H,12,13);7,13-14H,3-6H2,1-2H3;3H,2H2,1H3;6-7H,2-5H2,1H3;3*3H,1H3;6*1H4. The van der Waals surface area contributed by atoms with Gasteiger partial charge in [-0.1, -0.05) is 85.3 Å². The Bertz CT molecular complexity index is 1180. The van der Waals surface area contributed by atoms with Gasteiger partial charge in [0, 0.05) is 71.3 Å². The lowest BCUT2D eigenvalue weighted by Crippen LogP contribution is -2.39. The average Bonchev–Trinajstić information content (AvgIpc) is 3.58. The molecule has 0 aliphatic carbocycles. The molecule has 65 heavy (non-hydrogen) atoms. The molecule has 0 aromatic rings. The smallest absolute Gasteiger partial charge is 0.481 e. The lowest BCUT2D eigenvalue weighted by Gasteiger charge is -2.17. The zero-order valence-electron chi connectivity index (χ0n) is 35.7. The molecule has 10 N–H and O–H groups in total. The molecule has 3 amide bonds. The molecular weight excluding hydrogens is 956 g/mol. The molecule has 0 spiro atoms. The summed E-state index contributed by atoms with van der Waals surface area (Å²) < 4.78 is 17.7. The van der Waals surface area contributed by atoms with Gasteiger partial charge in [0.2, 0.25) is 17.7 Å². The number of hydrogen-bond donors (Lipinski definition) is 9. The molecule has 2 saturated heterocycles. The van der Waals surface area contributed by atoms with Crippen LogP contribution in [0.4, 0.5) is 0 Å². The van der Waals surface area contributed by atoms with E-state index in [9.17, 15) is 47.9 Å². The summed E-state index contributed by atoms with van der Waals surface area (Å²) >= 11 is 0. The van der Waals surface area contributed by atoms with Crippen molar-refractivity contribution in [3.63, 3.8) is 0 Å². The van der Waals surface area contributed by atoms with Crippen LogP contribution in [-0.2, 0) is 46.8 Å². The lowest BCUT2D eigenvalue weighted by molar-refractivity contribution is -0.153. The number of nitrogens with zero attached hydrogens (tertiary/aromatic N) is 1. The van der Waals surface area contributed by atoms with Crippen molar-refractivity contribution in [1.29, 1.82) is 0 Å². The molecule has 29 heteroatoms. The molecule has 6 unspecified atom stereocenters. The number of imide groups is 1. The van der Waals surface area contributed by atoms with Crippen LogP contribution >= 0.6 is 25.4 Å². The summed E-state index contributed by atoms with van der Waals surface area (Å²) in [5.74, 6) is -3.72. The highest BCUT2D eigenvalue weighted by atomic mass is 31.1. The number of cyclic esters (lactones) is 2. The summed E-state index contributed by atoms with van der Waals surface area (Å²) in [6.07, 6.45) is 1.76. The van der Waals surface area contributed by atoms with E-state index in [1.807, 2.05) is 20.0 Å². The van der Waals surface area contributed by atoms with Crippen molar-refractivity contribution in [2.75, 3.05) is 61.0 Å². The van der Waals surface area contributed by atoms with Crippen LogP contribution in [0.5, 0.6) is 0 Å². The SMILES string of the molecule is C.C.C.C.C.C.CC1CC(=O)OC1=O.CO[Si](O)(O)CCCN.CO[Si](O)(O)CCCN1C(=O)CC(C)C1=O.CO[Si](O)(O)CCCNC(=O)CC(C)C(=O)O.[B]PC.[B]PC.[B]PC. The van der Waals surface area contributed by atoms with Crippen LogP contribution in [0.3, 0.4) is 0 Å². The van der Waals surface area contributed by atoms with Crippen LogP contribution in [0.15, 0.2) is 0 Å². The van der Waals surface area contributed by atoms with Crippen molar-refractivity contribution in [3.05, 3.63) is 0 Å². The van der Waals surface area contributed by atoms with Gasteiger partial charge in [-0.3, -0.25) is 33.7 Å². The van der Waals surface area contributed by atoms with E-state index in [1.165, 1.54) is 33.2 Å². The van der Waals surface area contributed by atoms with Crippen LogP contribution in [0.25, 0.3) is 0 Å². The summed E-state index contributed by atoms with van der Waals surface area (Å²) in [6.45, 7) is 11.6. The second-order valence-corrected chi connectivity index (χ2v) is 21.4. The van der Waals surface area contributed by atoms with Gasteiger partial charge in [0.25, 0.3) is 0 Å². The number of likely N-dealkylation sites (tertiary alicyclic amines) is 1. The molecular formula is C36H91B3N3O17P3Si3. The topological polar surface area (TPSA) is 322 Å². The fraction of sp³-hybridized carbons (Fsp3) is 0.833. The number of carbonyl (C=O) groups is 6. The molecule has 2 heterocycles. The third-order valence-corrected chi connectivity index (χ3v) is 12.0. The van der Waals surface area contributed by atoms with E-state index in [0.717, 1.165) is 0 Å². The van der Waals surface area contributed by atoms with Gasteiger partial charge in [0.05, 0.1) is 18.3 Å². The summed E-state index contributed by atoms with van der Waals surface area (Å²) in [5.41, 5.74) is 5.13. The number of carboxylic acid groups (broad SMARTS) is 1. The minimum Gasteiger partial charge on any atom is -0.481 e. The third-order valence-electron chi connectivity index (χ3n) is 7.05. The number of nitrogens with one attached hydrogen (secondary N) is 1. The Labute approximate surface area is 406 Å². The Hall–Kier alpha value is -1.04. The molecule has 2 rings (SSSR count). The van der Waals surface area contributed by atoms with Gasteiger partial charge in [-0.2, -0.15) is 25.4 Å². The lowest BCUT2D eigenvalue weighted by atomic mass is 10.1. The molecule has 2 aliphatic rings. The molecule has 6 radical (unpaired) electrons. The molecule has 2 aliphatic heterocycles. The summed E-state index contributed by atoms with van der Waals surface area (Å²) in [5, 5.41) is 11.1. The number of nitrogens with two attached hydrogens (primary N) is 1. The van der Waals surface area contributed by atoms with E-state index in [0.29, 0.717) is 57.2 Å². The predicted molar refractivity (Wildman–Crippen MR) is 279 cm³/mol. The Morgan fingerprint density at radius 3 is 1.38 bits per heavy atom. The van der Waals surface area contributed by atoms with Gasteiger partial charge in [-0.05, 0) is 25.8 Å². The number of esters is 2. The van der Waals surface area contributed by atoms with E-state index in [2.05, 4.69) is 23.3 Å². The van der Waals surface area contributed by atoms with Crippen LogP contribution in [0, 0.1) is 17.8 Å². The van der Waals surface area contributed by atoms with Gasteiger partial charge in [0.15, 0.2) is 0 Å². The van der Waals surface area contributed by atoms with E-state index in [4.69, 9.17) is 43.1 Å². The number of ether oxygens (including phenoxy) is 1. The highest BCUT2D eigenvalue weighted by Gasteiger charge is 2.37. The molecule has 2 fully saturated rings. The van der Waals surface area contributed by atoms with Gasteiger partial charge < -0.3 is 62.9 Å². The molecule has 6 atom stereocenters. The monoisotopic (exact) mass is 1050 g/mol. The van der Waals surface area contributed by atoms with Crippen LogP contribution < -0.4 is 11.1 Å². The maximum Gasteiger partial charge on any atom is 0.495 e. The Morgan fingerprint density at radius 1 is 0.754 bits per heavy atom. The van der Waals surface area contributed by atoms with Crippen molar-refractivity contribution in [3.8, 4) is 0 Å². The van der Waals surface area contributed by atoms with E-state index in [-0.39, 0.29) is 119 Å². The first-order valence-corrected chi connectivity index (χ1v) is 28.9. The average molecular weight is 1050 g/mol. The number of rotatable bonds is 17. The molecule has 0 bridgehead atoms. The largest absolute Gasteiger partial charge is 0.495 e. The summed E-state index contributed by atoms with van der Waals surface area (Å²) in [7, 11) is 9.75. The number of carboxylic acids is 1. The minimum atomic E-state index is -3.56. The maximum absolute atomic E-state index is 11.5. The highest BCUT2D eigenvalue weighted by molar-refractivity contribution is 7.66. The van der Waals surface area contributed by atoms with Gasteiger partial charge >= 0.3 is 44.3 Å². The highest BCUT2D eigenvalue weighted by Crippen LogP contribution is 2.20. The van der Waals surface area contributed by atoms with Crippen LogP contribution in [-0.4, -0.2) is 184 Å². The number of carbonyl (C=O) groups excluding carboxylic acids is 5. The fourth-order valence-electron chi connectivity index (χ4n) is 3.76. The Kier molecular flexibility index (Phi) is 75.0. The van der Waals surface area contributed by atoms with Gasteiger partial charge in [0.1, 0.15) is 22.7 Å². The first-order valence-electron chi connectivity index (χ1n) is 18.1. The quantitative estimate of drug-likeness (QED) is 0.0252. The molecule has 0 aromatic heterocycles. The van der Waals surface area contributed by atoms with Gasteiger partial charge in [-0.25, -0.2) is 0 Å². The number of aliphatic carboxylic acids is 1. The van der Waals surface area contributed by atoms with Crippen molar-refractivity contribution in [1.82, 2.24) is 10.2 Å². The Morgan fingerprint density at radius 2 is 1.12 bits per heavy atom. The second-order valence-electron chi connectivity index (χ2n) is 12.5. The normalized spacial score (nSPS) is 15.4. The van der Waals surface area contributed by atoms with E-state index >= 15 is 0 Å². The number of amides is 3. The van der Waals surface area contributed by atoms with E-state index in [1.54, 1.807) is 13.8 Å². The van der Waals surface area contributed by atoms with Gasteiger partial charge in [-0.15, -0.1) is 0 Å². The predicted octanol–water partition coefficient (Wildman–Crippen LogP) is 2.47. The molecule has 0 aromatic carbocycles. The zero-order chi connectivity index (χ0) is 47.4. The summed E-state index contributed by atoms with van der Waals surface area (Å²) in [6, 6.07) is 0.479. The van der Waals surface area contributed by atoms with Crippen molar-refractivity contribution in [2.24, 2.45) is 23.5 Å². The third kappa shape index (κ3) is 57.2. The second kappa shape index (κ2) is 53.9. The van der Waals surface area contributed by atoms with Crippen molar-refractivity contribution < 1.29 is 80.7 Å². The van der Waals surface area contributed by atoms with Crippen LogP contribution in [0.1, 0.15) is 104 Å². The molecule has 0 saturated carbocycles. The Balaban J connectivity index is -0.0000000624. The number of hydrogen-bond acceptors (Lipinski definition) is 17.